The molecule has 0 spiro atoms. The van der Waals surface area contributed by atoms with Gasteiger partial charge in [-0.15, -0.1) is 0 Å². The van der Waals surface area contributed by atoms with E-state index in [1.165, 1.54) is 22.5 Å². The van der Waals surface area contributed by atoms with Gasteiger partial charge in [-0.3, -0.25) is 4.79 Å². The molecule has 4 rings (SSSR count). The van der Waals surface area contributed by atoms with E-state index >= 15 is 0 Å². The van der Waals surface area contributed by atoms with E-state index in [0.29, 0.717) is 26.3 Å². The summed E-state index contributed by atoms with van der Waals surface area (Å²) in [5, 5.41) is 0. The lowest BCUT2D eigenvalue weighted by atomic mass is 10.2. The third-order valence-corrected chi connectivity index (χ3v) is 8.52. The van der Waals surface area contributed by atoms with Gasteiger partial charge >= 0.3 is 0 Å². The number of hydrogen-bond acceptors (Lipinski definition) is 7. The molecule has 1 amide bonds. The molecular formula is C20H23N3O6S2. The smallest absolute Gasteiger partial charge is 0.264 e. The molecule has 2 aliphatic rings. The summed E-state index contributed by atoms with van der Waals surface area (Å²) in [5.41, 5.74) is 1.11. The number of hydrogen-bond donors (Lipinski definition) is 1. The Labute approximate surface area is 181 Å². The molecule has 2 saturated heterocycles. The summed E-state index contributed by atoms with van der Waals surface area (Å²) < 4.78 is 59.1. The van der Waals surface area contributed by atoms with Crippen LogP contribution in [0.2, 0.25) is 0 Å². The molecule has 31 heavy (non-hydrogen) atoms. The van der Waals surface area contributed by atoms with Crippen molar-refractivity contribution in [3.63, 3.8) is 0 Å². The van der Waals surface area contributed by atoms with Crippen LogP contribution < -0.4 is 9.62 Å². The summed E-state index contributed by atoms with van der Waals surface area (Å²) in [5.74, 6) is -0.787. The first-order valence-corrected chi connectivity index (χ1v) is 12.8. The number of sulfonamides is 2. The molecule has 166 valence electrons. The fraction of sp³-hybridized carbons (Fsp3) is 0.350. The van der Waals surface area contributed by atoms with E-state index in [1.54, 1.807) is 24.3 Å². The van der Waals surface area contributed by atoms with Crippen LogP contribution in [0.4, 0.5) is 5.69 Å². The number of anilines is 1. The van der Waals surface area contributed by atoms with Gasteiger partial charge in [0.05, 0.1) is 23.0 Å². The van der Waals surface area contributed by atoms with Crippen LogP contribution in [0.5, 0.6) is 0 Å². The van der Waals surface area contributed by atoms with E-state index < -0.39 is 26.0 Å². The van der Waals surface area contributed by atoms with Crippen LogP contribution in [0.3, 0.4) is 0 Å². The zero-order valence-electron chi connectivity index (χ0n) is 16.7. The Hall–Kier alpha value is -2.47. The Morgan fingerprint density at radius 3 is 2.13 bits per heavy atom. The van der Waals surface area contributed by atoms with Crippen LogP contribution in [0.25, 0.3) is 0 Å². The molecule has 0 unspecified atom stereocenters. The monoisotopic (exact) mass is 465 g/mol. The third-order valence-electron chi connectivity index (χ3n) is 5.30. The van der Waals surface area contributed by atoms with Gasteiger partial charge < -0.3 is 9.64 Å². The number of nitrogens with one attached hydrogen (secondary N) is 1. The summed E-state index contributed by atoms with van der Waals surface area (Å²) in [7, 11) is -7.98. The van der Waals surface area contributed by atoms with E-state index in [4.69, 9.17) is 4.74 Å². The van der Waals surface area contributed by atoms with Crippen LogP contribution in [0.15, 0.2) is 58.3 Å². The molecule has 0 saturated carbocycles. The van der Waals surface area contributed by atoms with Gasteiger partial charge in [0, 0.05) is 37.4 Å². The first kappa shape index (κ1) is 21.8. The van der Waals surface area contributed by atoms with Crippen LogP contribution in [-0.2, 0) is 24.8 Å². The van der Waals surface area contributed by atoms with Gasteiger partial charge in [0.2, 0.25) is 10.0 Å². The number of ether oxygens (including phenoxy) is 1. The second-order valence-electron chi connectivity index (χ2n) is 7.31. The second kappa shape index (κ2) is 8.58. The van der Waals surface area contributed by atoms with Crippen molar-refractivity contribution in [3.8, 4) is 0 Å². The minimum Gasteiger partial charge on any atom is -0.378 e. The molecule has 2 fully saturated rings. The van der Waals surface area contributed by atoms with Crippen molar-refractivity contribution in [1.82, 2.24) is 9.03 Å². The van der Waals surface area contributed by atoms with Gasteiger partial charge in [-0.25, -0.2) is 21.6 Å². The molecule has 2 aromatic rings. The summed E-state index contributed by atoms with van der Waals surface area (Å²) >= 11 is 0. The van der Waals surface area contributed by atoms with E-state index in [1.807, 2.05) is 4.72 Å². The summed E-state index contributed by atoms with van der Waals surface area (Å²) in [6.07, 6.45) is 0.775. The molecule has 0 radical (unpaired) electrons. The van der Waals surface area contributed by atoms with Gasteiger partial charge in [-0.2, -0.15) is 4.31 Å². The zero-order valence-corrected chi connectivity index (χ0v) is 18.4. The highest BCUT2D eigenvalue weighted by molar-refractivity contribution is 7.90. The topological polar surface area (TPSA) is 113 Å². The molecular weight excluding hydrogens is 442 g/mol. The maximum Gasteiger partial charge on any atom is 0.264 e. The standard InChI is InChI=1S/C20H23N3O6S2/c24-20(16-5-7-17(8-6-16)22-11-13-29-14-12-22)21-30(25,26)18-3-1-4-19(15-18)31(27,28)23-9-2-10-23/h1,3-8,15H,2,9-14H2,(H,21,24). The minimum atomic E-state index is -4.24. The number of benzene rings is 2. The van der Waals surface area contributed by atoms with Crippen LogP contribution >= 0.6 is 0 Å². The maximum absolute atomic E-state index is 12.7. The van der Waals surface area contributed by atoms with Gasteiger partial charge in [-0.05, 0) is 48.9 Å². The van der Waals surface area contributed by atoms with E-state index in [9.17, 15) is 21.6 Å². The van der Waals surface area contributed by atoms with Crippen LogP contribution in [0, 0.1) is 0 Å². The molecule has 9 nitrogen and oxygen atoms in total. The van der Waals surface area contributed by atoms with Crippen LogP contribution in [0.1, 0.15) is 16.8 Å². The Morgan fingerprint density at radius 2 is 1.52 bits per heavy atom. The van der Waals surface area contributed by atoms with Crippen LogP contribution in [-0.4, -0.2) is 66.4 Å². The zero-order chi connectivity index (χ0) is 22.1. The Kier molecular flexibility index (Phi) is 6.02. The van der Waals surface area contributed by atoms with E-state index in [2.05, 4.69) is 4.90 Å². The Morgan fingerprint density at radius 1 is 0.871 bits per heavy atom. The van der Waals surface area contributed by atoms with Gasteiger partial charge in [0.1, 0.15) is 0 Å². The fourth-order valence-corrected chi connectivity index (χ4v) is 6.02. The molecule has 11 heteroatoms. The summed E-state index contributed by atoms with van der Waals surface area (Å²) in [6, 6.07) is 11.7. The van der Waals surface area contributed by atoms with Crippen molar-refractivity contribution in [2.45, 2.75) is 16.2 Å². The van der Waals surface area contributed by atoms with Crippen molar-refractivity contribution < 1.29 is 26.4 Å². The van der Waals surface area contributed by atoms with Gasteiger partial charge in [-0.1, -0.05) is 6.07 Å². The van der Waals surface area contributed by atoms with Gasteiger partial charge in [0.25, 0.3) is 15.9 Å². The average molecular weight is 466 g/mol. The highest BCUT2D eigenvalue weighted by Gasteiger charge is 2.30. The molecule has 0 aromatic heterocycles. The summed E-state index contributed by atoms with van der Waals surface area (Å²) in [6.45, 7) is 3.58. The number of amides is 1. The lowest BCUT2D eigenvalue weighted by Crippen LogP contribution is -2.42. The average Bonchev–Trinajstić information content (AvgIpc) is 2.73. The predicted molar refractivity (Wildman–Crippen MR) is 114 cm³/mol. The normalized spacial score (nSPS) is 17.7. The number of carbonyl (C=O) groups excluding carboxylic acids is 1. The third kappa shape index (κ3) is 4.59. The van der Waals surface area contributed by atoms with E-state index in [0.717, 1.165) is 31.3 Å². The number of rotatable bonds is 6. The van der Waals surface area contributed by atoms with Crippen molar-refractivity contribution in [3.05, 3.63) is 54.1 Å². The minimum absolute atomic E-state index is 0.114. The molecule has 0 aliphatic carbocycles. The van der Waals surface area contributed by atoms with Gasteiger partial charge in [0.15, 0.2) is 0 Å². The highest BCUT2D eigenvalue weighted by Crippen LogP contribution is 2.23. The first-order chi connectivity index (χ1) is 14.8. The largest absolute Gasteiger partial charge is 0.378 e. The van der Waals surface area contributed by atoms with E-state index in [-0.39, 0.29) is 15.4 Å². The van der Waals surface area contributed by atoms with Crippen molar-refractivity contribution in [2.24, 2.45) is 0 Å². The molecule has 2 aliphatic heterocycles. The molecule has 0 atom stereocenters. The maximum atomic E-state index is 12.7. The van der Waals surface area contributed by atoms with Crippen molar-refractivity contribution in [2.75, 3.05) is 44.3 Å². The summed E-state index contributed by atoms with van der Waals surface area (Å²) in [4.78, 5) is 14.2. The quantitative estimate of drug-likeness (QED) is 0.678. The molecule has 2 heterocycles. The number of carbonyl (C=O) groups is 1. The number of morpholine rings is 1. The fourth-order valence-electron chi connectivity index (χ4n) is 3.36. The SMILES string of the molecule is O=C(NS(=O)(=O)c1cccc(S(=O)(=O)N2CCC2)c1)c1ccc(N2CCOCC2)cc1. The molecule has 2 aromatic carbocycles. The lowest BCUT2D eigenvalue weighted by molar-refractivity contribution is 0.0981. The number of nitrogens with zero attached hydrogens (tertiary/aromatic N) is 2. The second-order valence-corrected chi connectivity index (χ2v) is 10.9. The highest BCUT2D eigenvalue weighted by atomic mass is 32.2. The van der Waals surface area contributed by atoms with Crippen molar-refractivity contribution >= 4 is 31.6 Å². The Bertz CT molecular complexity index is 1170. The predicted octanol–water partition coefficient (Wildman–Crippen LogP) is 1.04. The van der Waals surface area contributed by atoms with Crippen molar-refractivity contribution in [1.29, 1.82) is 0 Å². The molecule has 0 bridgehead atoms. The lowest BCUT2D eigenvalue weighted by Gasteiger charge is -2.29. The molecule has 1 N–H and O–H groups in total. The Balaban J connectivity index is 1.49. The first-order valence-electron chi connectivity index (χ1n) is 9.87.